The van der Waals surface area contributed by atoms with Crippen molar-refractivity contribution >= 4 is 11.2 Å². The molecule has 3 aromatic carbocycles. The molecule has 0 unspecified atom stereocenters. The van der Waals surface area contributed by atoms with Gasteiger partial charge in [-0.25, -0.2) is 19.3 Å². The Bertz CT molecular complexity index is 1630. The van der Waals surface area contributed by atoms with Gasteiger partial charge in [-0.15, -0.1) is 0 Å². The summed E-state index contributed by atoms with van der Waals surface area (Å²) in [5.41, 5.74) is 2.62. The SMILES string of the molecule is CCOc1ccc(-c2nc(C#N)c3c(n2)n(-c2ccccc2OC)c(=O)n3Cc2ccccc2)cc1. The highest BCUT2D eigenvalue weighted by Gasteiger charge is 2.23. The topological polar surface area (TPSA) is 95.0 Å². The minimum Gasteiger partial charge on any atom is -0.495 e. The van der Waals surface area contributed by atoms with Crippen molar-refractivity contribution < 1.29 is 9.47 Å². The van der Waals surface area contributed by atoms with Crippen molar-refractivity contribution in [1.82, 2.24) is 19.1 Å². The van der Waals surface area contributed by atoms with Crippen molar-refractivity contribution in [2.45, 2.75) is 13.5 Å². The molecule has 2 heterocycles. The van der Waals surface area contributed by atoms with Crippen LogP contribution in [0.25, 0.3) is 28.2 Å². The summed E-state index contributed by atoms with van der Waals surface area (Å²) in [6, 6.07) is 26.3. The lowest BCUT2D eigenvalue weighted by molar-refractivity contribution is 0.340. The predicted molar refractivity (Wildman–Crippen MR) is 137 cm³/mol. The van der Waals surface area contributed by atoms with E-state index in [0.29, 0.717) is 40.6 Å². The Kier molecular flexibility index (Phi) is 6.20. The zero-order chi connectivity index (χ0) is 25.1. The summed E-state index contributed by atoms with van der Waals surface area (Å²) in [7, 11) is 1.55. The maximum atomic E-state index is 13.9. The number of fused-ring (bicyclic) bond motifs is 1. The van der Waals surface area contributed by atoms with Gasteiger partial charge < -0.3 is 9.47 Å². The fourth-order valence-electron chi connectivity index (χ4n) is 4.17. The number of imidazole rings is 1. The standard InChI is InChI=1S/C28H23N5O3/c1-3-36-21-15-13-20(14-16-21)26-30-22(17-29)25-27(31-26)33(23-11-7-8-12-24(23)35-2)28(34)32(25)18-19-9-5-4-6-10-19/h4-16H,3,18H2,1-2H3. The van der Waals surface area contributed by atoms with Gasteiger partial charge in [-0.3, -0.25) is 4.57 Å². The van der Waals surface area contributed by atoms with Crippen LogP contribution in [-0.2, 0) is 6.54 Å². The van der Waals surface area contributed by atoms with Crippen molar-refractivity contribution in [2.24, 2.45) is 0 Å². The first-order valence-electron chi connectivity index (χ1n) is 11.5. The van der Waals surface area contributed by atoms with Crippen molar-refractivity contribution in [2.75, 3.05) is 13.7 Å². The number of methoxy groups -OCH3 is 1. The number of benzene rings is 3. The van der Waals surface area contributed by atoms with Gasteiger partial charge in [0.15, 0.2) is 17.2 Å². The van der Waals surface area contributed by atoms with E-state index in [2.05, 4.69) is 11.1 Å². The van der Waals surface area contributed by atoms with E-state index < -0.39 is 0 Å². The van der Waals surface area contributed by atoms with E-state index in [0.717, 1.165) is 11.3 Å². The molecule has 36 heavy (non-hydrogen) atoms. The normalized spacial score (nSPS) is 10.8. The number of ether oxygens (including phenoxy) is 2. The van der Waals surface area contributed by atoms with Crippen LogP contribution >= 0.6 is 0 Å². The molecule has 0 amide bonds. The Labute approximate surface area is 207 Å². The van der Waals surface area contributed by atoms with Crippen molar-refractivity contribution in [1.29, 1.82) is 5.26 Å². The monoisotopic (exact) mass is 477 g/mol. The first-order chi connectivity index (χ1) is 17.6. The molecule has 0 spiro atoms. The van der Waals surface area contributed by atoms with Gasteiger partial charge in [0, 0.05) is 5.56 Å². The fourth-order valence-corrected chi connectivity index (χ4v) is 4.17. The second-order valence-electron chi connectivity index (χ2n) is 8.00. The van der Waals surface area contributed by atoms with E-state index in [-0.39, 0.29) is 17.9 Å². The molecule has 8 nitrogen and oxygen atoms in total. The highest BCUT2D eigenvalue weighted by atomic mass is 16.5. The van der Waals surface area contributed by atoms with E-state index in [1.165, 1.54) is 9.13 Å². The van der Waals surface area contributed by atoms with Crippen LogP contribution in [0, 0.1) is 11.3 Å². The summed E-state index contributed by atoms with van der Waals surface area (Å²) in [5.74, 6) is 1.57. The maximum absolute atomic E-state index is 13.9. The minimum absolute atomic E-state index is 0.116. The van der Waals surface area contributed by atoms with Crippen LogP contribution in [0.4, 0.5) is 0 Å². The largest absolute Gasteiger partial charge is 0.495 e. The van der Waals surface area contributed by atoms with Crippen LogP contribution in [0.1, 0.15) is 18.2 Å². The lowest BCUT2D eigenvalue weighted by Gasteiger charge is -2.09. The van der Waals surface area contributed by atoms with Gasteiger partial charge in [-0.1, -0.05) is 42.5 Å². The molecular weight excluding hydrogens is 454 g/mol. The van der Waals surface area contributed by atoms with Gasteiger partial charge in [0.05, 0.1) is 25.9 Å². The molecule has 0 bridgehead atoms. The predicted octanol–water partition coefficient (Wildman–Crippen LogP) is 4.58. The molecule has 178 valence electrons. The Morgan fingerprint density at radius 3 is 2.36 bits per heavy atom. The Morgan fingerprint density at radius 2 is 1.67 bits per heavy atom. The molecule has 0 saturated carbocycles. The van der Waals surface area contributed by atoms with Crippen molar-refractivity contribution in [3.63, 3.8) is 0 Å². The quantitative estimate of drug-likeness (QED) is 0.341. The summed E-state index contributed by atoms with van der Waals surface area (Å²) in [5, 5.41) is 10.1. The average Bonchev–Trinajstić information content (AvgIpc) is 3.20. The number of hydrogen-bond donors (Lipinski definition) is 0. The van der Waals surface area contributed by atoms with E-state index in [9.17, 15) is 10.1 Å². The molecule has 0 fully saturated rings. The Balaban J connectivity index is 1.80. The van der Waals surface area contributed by atoms with E-state index in [1.807, 2.05) is 73.7 Å². The molecule has 0 aliphatic carbocycles. The molecule has 5 aromatic rings. The van der Waals surface area contributed by atoms with Crippen LogP contribution in [0.2, 0.25) is 0 Å². The lowest BCUT2D eigenvalue weighted by atomic mass is 10.2. The maximum Gasteiger partial charge on any atom is 0.335 e. The average molecular weight is 478 g/mol. The highest BCUT2D eigenvalue weighted by Crippen LogP contribution is 2.28. The van der Waals surface area contributed by atoms with Crippen LogP contribution in [-0.4, -0.2) is 32.8 Å². The lowest BCUT2D eigenvalue weighted by Crippen LogP contribution is -2.24. The molecule has 5 rings (SSSR count). The Hall–Kier alpha value is -4.90. The molecular formula is C28H23N5O3. The summed E-state index contributed by atoms with van der Waals surface area (Å²) >= 11 is 0. The molecule has 0 N–H and O–H groups in total. The first kappa shape index (κ1) is 22.9. The Morgan fingerprint density at radius 1 is 0.944 bits per heavy atom. The summed E-state index contributed by atoms with van der Waals surface area (Å²) < 4.78 is 14.1. The second kappa shape index (κ2) is 9.76. The molecule has 0 aliphatic heterocycles. The van der Waals surface area contributed by atoms with Crippen molar-refractivity contribution in [3.05, 3.63) is 101 Å². The van der Waals surface area contributed by atoms with Gasteiger partial charge in [-0.05, 0) is 48.9 Å². The van der Waals surface area contributed by atoms with Crippen molar-refractivity contribution in [3.8, 4) is 34.6 Å². The van der Waals surface area contributed by atoms with Gasteiger partial charge in [-0.2, -0.15) is 5.26 Å². The van der Waals surface area contributed by atoms with E-state index in [4.69, 9.17) is 14.5 Å². The third kappa shape index (κ3) is 4.07. The molecule has 2 aromatic heterocycles. The molecule has 8 heteroatoms. The first-order valence-corrected chi connectivity index (χ1v) is 11.5. The zero-order valence-electron chi connectivity index (χ0n) is 19.9. The minimum atomic E-state index is -0.340. The number of aromatic nitrogens is 4. The molecule has 0 atom stereocenters. The van der Waals surface area contributed by atoms with Crippen LogP contribution < -0.4 is 15.2 Å². The molecule has 0 aliphatic rings. The van der Waals surface area contributed by atoms with Gasteiger partial charge >= 0.3 is 5.69 Å². The van der Waals surface area contributed by atoms with Crippen LogP contribution in [0.15, 0.2) is 83.7 Å². The summed E-state index contributed by atoms with van der Waals surface area (Å²) in [6.45, 7) is 2.74. The number of nitrogens with zero attached hydrogens (tertiary/aromatic N) is 5. The zero-order valence-corrected chi connectivity index (χ0v) is 19.9. The molecule has 0 saturated heterocycles. The van der Waals surface area contributed by atoms with E-state index >= 15 is 0 Å². The number of nitriles is 1. The summed E-state index contributed by atoms with van der Waals surface area (Å²) in [4.78, 5) is 23.2. The second-order valence-corrected chi connectivity index (χ2v) is 8.00. The van der Waals surface area contributed by atoms with Gasteiger partial charge in [0.25, 0.3) is 0 Å². The third-order valence-corrected chi connectivity index (χ3v) is 5.81. The fraction of sp³-hybridized carbons (Fsp3) is 0.143. The van der Waals surface area contributed by atoms with Gasteiger partial charge in [0.2, 0.25) is 0 Å². The van der Waals surface area contributed by atoms with E-state index in [1.54, 1.807) is 19.2 Å². The van der Waals surface area contributed by atoms with Crippen LogP contribution in [0.3, 0.4) is 0 Å². The number of hydrogen-bond acceptors (Lipinski definition) is 6. The highest BCUT2D eigenvalue weighted by molar-refractivity contribution is 5.82. The number of rotatable bonds is 7. The van der Waals surface area contributed by atoms with Crippen LogP contribution in [0.5, 0.6) is 11.5 Å². The van der Waals surface area contributed by atoms with Gasteiger partial charge in [0.1, 0.15) is 23.1 Å². The molecule has 0 radical (unpaired) electrons. The smallest absolute Gasteiger partial charge is 0.335 e. The third-order valence-electron chi connectivity index (χ3n) is 5.81. The summed E-state index contributed by atoms with van der Waals surface area (Å²) in [6.07, 6.45) is 0. The number of para-hydroxylation sites is 2.